The van der Waals surface area contributed by atoms with Gasteiger partial charge in [-0.15, -0.1) is 5.10 Å². The summed E-state index contributed by atoms with van der Waals surface area (Å²) < 4.78 is 6.30. The molecule has 0 aliphatic carbocycles. The number of amides is 1. The molecule has 2 atom stereocenters. The van der Waals surface area contributed by atoms with E-state index in [4.69, 9.17) is 4.74 Å². The molecular weight excluding hydrogens is 406 g/mol. The average Bonchev–Trinajstić information content (AvgIpc) is 3.48. The lowest BCUT2D eigenvalue weighted by Gasteiger charge is -2.34. The Kier molecular flexibility index (Phi) is 6.26. The Bertz CT molecular complexity index is 944. The molecule has 2 aromatic rings. The van der Waals surface area contributed by atoms with Crippen molar-refractivity contribution in [3.05, 3.63) is 42.6 Å². The molecule has 2 saturated heterocycles. The number of carbonyl (C=O) groups is 2. The van der Waals surface area contributed by atoms with E-state index in [1.54, 1.807) is 23.2 Å². The van der Waals surface area contributed by atoms with Crippen LogP contribution in [0.25, 0.3) is 0 Å². The number of aromatic nitrogens is 2. The van der Waals surface area contributed by atoms with Crippen LogP contribution in [0.5, 0.6) is 5.75 Å². The molecule has 1 aromatic carbocycles. The minimum absolute atomic E-state index is 0.0106. The highest BCUT2D eigenvalue weighted by Crippen LogP contribution is 2.34. The number of nitrogens with zero attached hydrogens (tertiary/aromatic N) is 3. The topological polar surface area (TPSA) is 96.5 Å². The highest BCUT2D eigenvalue weighted by Gasteiger charge is 2.48. The van der Waals surface area contributed by atoms with Gasteiger partial charge in [0.15, 0.2) is 17.2 Å². The highest BCUT2D eigenvalue weighted by atomic mass is 16.5. The SMILES string of the molecule is CC(C)(C)C(=O)[C@]1(Oc2ccc(N(C(=O)[C@H]3CCNC3)c3cccnn3)cc2)CCNC1. The van der Waals surface area contributed by atoms with Gasteiger partial charge in [-0.1, -0.05) is 20.8 Å². The van der Waals surface area contributed by atoms with Gasteiger partial charge >= 0.3 is 0 Å². The van der Waals surface area contributed by atoms with Crippen molar-refractivity contribution in [2.45, 2.75) is 39.2 Å². The van der Waals surface area contributed by atoms with Gasteiger partial charge in [0.2, 0.25) is 5.91 Å². The average molecular weight is 438 g/mol. The van der Waals surface area contributed by atoms with Crippen molar-refractivity contribution in [3.8, 4) is 5.75 Å². The maximum atomic E-state index is 13.3. The molecule has 4 rings (SSSR count). The summed E-state index contributed by atoms with van der Waals surface area (Å²) in [4.78, 5) is 28.1. The highest BCUT2D eigenvalue weighted by molar-refractivity contribution is 6.01. The normalized spacial score (nSPS) is 23.2. The van der Waals surface area contributed by atoms with Gasteiger partial charge in [0.1, 0.15) is 5.75 Å². The first-order valence-electron chi connectivity index (χ1n) is 11.2. The van der Waals surface area contributed by atoms with Gasteiger partial charge in [-0.25, -0.2) is 0 Å². The van der Waals surface area contributed by atoms with E-state index >= 15 is 0 Å². The Morgan fingerprint density at radius 1 is 1.12 bits per heavy atom. The smallest absolute Gasteiger partial charge is 0.237 e. The lowest BCUT2D eigenvalue weighted by Crippen LogP contribution is -2.51. The van der Waals surface area contributed by atoms with Crippen LogP contribution in [0.4, 0.5) is 11.5 Å². The van der Waals surface area contributed by atoms with Crippen molar-refractivity contribution in [2.24, 2.45) is 11.3 Å². The lowest BCUT2D eigenvalue weighted by atomic mass is 9.79. The molecule has 8 nitrogen and oxygen atoms in total. The Morgan fingerprint density at radius 3 is 2.47 bits per heavy atom. The zero-order valence-corrected chi connectivity index (χ0v) is 18.9. The van der Waals surface area contributed by atoms with E-state index in [-0.39, 0.29) is 17.6 Å². The van der Waals surface area contributed by atoms with E-state index in [0.29, 0.717) is 36.8 Å². The summed E-state index contributed by atoms with van der Waals surface area (Å²) in [5.74, 6) is 1.06. The van der Waals surface area contributed by atoms with Crippen LogP contribution >= 0.6 is 0 Å². The maximum absolute atomic E-state index is 13.3. The van der Waals surface area contributed by atoms with Crippen molar-refractivity contribution in [3.63, 3.8) is 0 Å². The zero-order chi connectivity index (χ0) is 22.8. The van der Waals surface area contributed by atoms with Crippen molar-refractivity contribution < 1.29 is 14.3 Å². The van der Waals surface area contributed by atoms with Gasteiger partial charge in [-0.3, -0.25) is 14.5 Å². The standard InChI is InChI=1S/C24H31N5O3/c1-23(2,3)22(31)24(11-14-26-16-24)32-19-8-6-18(7-9-19)29(20-5-4-12-27-28-20)21(30)17-10-13-25-15-17/h4-9,12,17,25-26H,10-11,13-16H2,1-3H3/t17-,24-/m0/s1. The number of ether oxygens (including phenoxy) is 1. The maximum Gasteiger partial charge on any atom is 0.237 e. The summed E-state index contributed by atoms with van der Waals surface area (Å²) in [6.45, 7) is 8.48. The summed E-state index contributed by atoms with van der Waals surface area (Å²) in [6, 6.07) is 10.8. The number of benzene rings is 1. The Labute approximate surface area is 188 Å². The summed E-state index contributed by atoms with van der Waals surface area (Å²) in [5, 5.41) is 14.6. The van der Waals surface area contributed by atoms with Crippen LogP contribution < -0.4 is 20.3 Å². The molecule has 1 aromatic heterocycles. The molecule has 2 fully saturated rings. The molecule has 0 radical (unpaired) electrons. The Morgan fingerprint density at radius 2 is 1.91 bits per heavy atom. The van der Waals surface area contributed by atoms with E-state index in [9.17, 15) is 9.59 Å². The van der Waals surface area contributed by atoms with Crippen molar-refractivity contribution in [1.82, 2.24) is 20.8 Å². The molecule has 0 saturated carbocycles. The number of hydrogen-bond donors (Lipinski definition) is 2. The lowest BCUT2D eigenvalue weighted by molar-refractivity contribution is -0.141. The van der Waals surface area contributed by atoms with Gasteiger partial charge in [-0.2, -0.15) is 5.10 Å². The number of carbonyl (C=O) groups excluding carboxylic acids is 2. The van der Waals surface area contributed by atoms with Crippen LogP contribution in [0, 0.1) is 11.3 Å². The molecule has 2 aliphatic rings. The Hall–Kier alpha value is -2.84. The van der Waals surface area contributed by atoms with Crippen LogP contribution in [0.15, 0.2) is 42.6 Å². The molecule has 2 aliphatic heterocycles. The van der Waals surface area contributed by atoms with Gasteiger partial charge in [0.25, 0.3) is 0 Å². The fraction of sp³-hybridized carbons (Fsp3) is 0.500. The van der Waals surface area contributed by atoms with Crippen molar-refractivity contribution >= 4 is 23.2 Å². The van der Waals surface area contributed by atoms with Crippen LogP contribution in [0.1, 0.15) is 33.6 Å². The van der Waals surface area contributed by atoms with E-state index in [0.717, 1.165) is 19.5 Å². The molecule has 32 heavy (non-hydrogen) atoms. The molecular formula is C24H31N5O3. The van der Waals surface area contributed by atoms with Crippen molar-refractivity contribution in [2.75, 3.05) is 31.1 Å². The van der Waals surface area contributed by atoms with Gasteiger partial charge in [0.05, 0.1) is 11.6 Å². The molecule has 2 N–H and O–H groups in total. The number of nitrogens with one attached hydrogen (secondary N) is 2. The molecule has 170 valence electrons. The number of anilines is 2. The second-order valence-electron chi connectivity index (χ2n) is 9.54. The van der Waals surface area contributed by atoms with Crippen molar-refractivity contribution in [1.29, 1.82) is 0 Å². The molecule has 3 heterocycles. The van der Waals surface area contributed by atoms with Crippen LogP contribution in [0.3, 0.4) is 0 Å². The van der Waals surface area contributed by atoms with E-state index in [2.05, 4.69) is 20.8 Å². The van der Waals surface area contributed by atoms with Crippen LogP contribution in [-0.4, -0.2) is 53.7 Å². The van der Waals surface area contributed by atoms with Gasteiger partial charge in [0, 0.05) is 31.1 Å². The monoisotopic (exact) mass is 437 g/mol. The quantitative estimate of drug-likeness (QED) is 0.717. The third-order valence-electron chi connectivity index (χ3n) is 6.04. The minimum atomic E-state index is -0.879. The second kappa shape index (κ2) is 8.96. The first-order chi connectivity index (χ1) is 15.3. The van der Waals surface area contributed by atoms with E-state index < -0.39 is 11.0 Å². The van der Waals surface area contributed by atoms with Crippen LogP contribution in [-0.2, 0) is 9.59 Å². The molecule has 0 spiro atoms. The Balaban J connectivity index is 1.60. The number of Topliss-reactive ketones (excluding diaryl/α,β-unsaturated/α-hetero) is 1. The summed E-state index contributed by atoms with van der Waals surface area (Å²) in [5.41, 5.74) is -0.692. The summed E-state index contributed by atoms with van der Waals surface area (Å²) >= 11 is 0. The molecule has 1 amide bonds. The third-order valence-corrected chi connectivity index (χ3v) is 6.04. The van der Waals surface area contributed by atoms with E-state index in [1.807, 2.05) is 45.0 Å². The first-order valence-corrected chi connectivity index (χ1v) is 11.2. The fourth-order valence-corrected chi connectivity index (χ4v) is 4.40. The number of rotatable bonds is 6. The largest absolute Gasteiger partial charge is 0.478 e. The van der Waals surface area contributed by atoms with Gasteiger partial charge in [-0.05, 0) is 55.9 Å². The predicted molar refractivity (Wildman–Crippen MR) is 122 cm³/mol. The second-order valence-corrected chi connectivity index (χ2v) is 9.54. The predicted octanol–water partition coefficient (Wildman–Crippen LogP) is 2.48. The molecule has 8 heteroatoms. The minimum Gasteiger partial charge on any atom is -0.478 e. The van der Waals surface area contributed by atoms with E-state index in [1.165, 1.54) is 0 Å². The van der Waals surface area contributed by atoms with Crippen LogP contribution in [0.2, 0.25) is 0 Å². The number of hydrogen-bond acceptors (Lipinski definition) is 7. The number of ketones is 1. The zero-order valence-electron chi connectivity index (χ0n) is 18.9. The summed E-state index contributed by atoms with van der Waals surface area (Å²) in [7, 11) is 0. The fourth-order valence-electron chi connectivity index (χ4n) is 4.40. The third kappa shape index (κ3) is 4.52. The molecule has 0 unspecified atom stereocenters. The molecule has 0 bridgehead atoms. The summed E-state index contributed by atoms with van der Waals surface area (Å²) in [6.07, 6.45) is 3.01. The van der Waals surface area contributed by atoms with Gasteiger partial charge < -0.3 is 15.4 Å². The first kappa shape index (κ1) is 22.4.